The number of rotatable bonds is 9. The summed E-state index contributed by atoms with van der Waals surface area (Å²) in [7, 11) is 3.30. The molecule has 0 N–H and O–H groups in total. The molecule has 4 saturated carbocycles. The Bertz CT molecular complexity index is 757. The predicted octanol–water partition coefficient (Wildman–Crippen LogP) is 2.43. The lowest BCUT2D eigenvalue weighted by Gasteiger charge is -2.61. The number of esters is 1. The van der Waals surface area contributed by atoms with Gasteiger partial charge < -0.3 is 28.4 Å². The molecule has 0 aromatic rings. The van der Waals surface area contributed by atoms with Crippen LogP contribution in [0.15, 0.2) is 0 Å². The summed E-state index contributed by atoms with van der Waals surface area (Å²) >= 11 is 0. The van der Waals surface area contributed by atoms with E-state index in [9.17, 15) is 9.59 Å². The number of ketones is 1. The predicted molar refractivity (Wildman–Crippen MR) is 116 cm³/mol. The monoisotopic (exact) mass is 466 g/mol. The van der Waals surface area contributed by atoms with E-state index in [0.29, 0.717) is 25.6 Å². The number of ether oxygens (including phenoxy) is 6. The topological polar surface area (TPSA) is 89.5 Å². The van der Waals surface area contributed by atoms with Crippen molar-refractivity contribution in [3.05, 3.63) is 0 Å². The van der Waals surface area contributed by atoms with Crippen molar-refractivity contribution in [2.45, 2.75) is 57.8 Å². The summed E-state index contributed by atoms with van der Waals surface area (Å²) in [6, 6.07) is 0. The molecule has 33 heavy (non-hydrogen) atoms. The van der Waals surface area contributed by atoms with Crippen LogP contribution < -0.4 is 0 Å². The average molecular weight is 467 g/mol. The Morgan fingerprint density at radius 3 is 2.52 bits per heavy atom. The van der Waals surface area contributed by atoms with Gasteiger partial charge in [0.25, 0.3) is 0 Å². The maximum Gasteiger partial charge on any atom is 0.317 e. The van der Waals surface area contributed by atoms with E-state index in [0.717, 1.165) is 19.3 Å². The van der Waals surface area contributed by atoms with Gasteiger partial charge in [0, 0.05) is 26.6 Å². The largest absolute Gasteiger partial charge is 0.461 e. The molecular formula is C25H38O8. The first-order valence-corrected chi connectivity index (χ1v) is 12.4. The van der Waals surface area contributed by atoms with Crippen molar-refractivity contribution < 1.29 is 38.0 Å². The van der Waals surface area contributed by atoms with Crippen molar-refractivity contribution >= 4 is 11.8 Å². The van der Waals surface area contributed by atoms with Gasteiger partial charge in [-0.25, -0.2) is 0 Å². The van der Waals surface area contributed by atoms with E-state index in [1.165, 1.54) is 0 Å². The molecule has 1 saturated heterocycles. The molecule has 0 aromatic carbocycles. The molecule has 8 heteroatoms. The lowest BCUT2D eigenvalue weighted by atomic mass is 9.45. The third kappa shape index (κ3) is 3.68. The minimum Gasteiger partial charge on any atom is -0.461 e. The maximum atomic E-state index is 13.4. The first kappa shape index (κ1) is 23.7. The molecule has 8 nitrogen and oxygen atoms in total. The van der Waals surface area contributed by atoms with Crippen molar-refractivity contribution in [3.63, 3.8) is 0 Å². The van der Waals surface area contributed by atoms with Crippen LogP contribution in [0.2, 0.25) is 0 Å². The minimum absolute atomic E-state index is 0.0172. The van der Waals surface area contributed by atoms with Crippen molar-refractivity contribution in [1.82, 2.24) is 0 Å². The minimum atomic E-state index is -0.615. The second-order valence-corrected chi connectivity index (χ2v) is 11.0. The molecule has 11 atom stereocenters. The van der Waals surface area contributed by atoms with Gasteiger partial charge in [-0.2, -0.15) is 0 Å². The van der Waals surface area contributed by atoms with Gasteiger partial charge in [0.1, 0.15) is 31.4 Å². The number of hydrogen-bond acceptors (Lipinski definition) is 8. The Hall–Kier alpha value is -1.06. The lowest BCUT2D eigenvalue weighted by Crippen LogP contribution is -2.61. The fraction of sp³-hybridized carbons (Fsp3) is 0.920. The van der Waals surface area contributed by atoms with Crippen LogP contribution >= 0.6 is 0 Å². The van der Waals surface area contributed by atoms with Crippen LogP contribution in [0.3, 0.4) is 0 Å². The van der Waals surface area contributed by atoms with E-state index < -0.39 is 5.92 Å². The highest BCUT2D eigenvalue weighted by molar-refractivity contribution is 6.01. The highest BCUT2D eigenvalue weighted by atomic mass is 16.7. The number of methoxy groups -OCH3 is 2. The van der Waals surface area contributed by atoms with E-state index in [-0.39, 0.29) is 78.7 Å². The molecule has 0 aromatic heterocycles. The van der Waals surface area contributed by atoms with Crippen molar-refractivity contribution in [2.24, 2.45) is 46.8 Å². The van der Waals surface area contributed by atoms with E-state index in [1.54, 1.807) is 14.2 Å². The molecular weight excluding hydrogens is 428 g/mol. The normalized spacial score (nSPS) is 47.9. The third-order valence-corrected chi connectivity index (χ3v) is 9.70. The number of Topliss-reactive ketones (excluding diaryl/α,β-unsaturated/α-hetero) is 1. The molecule has 0 bridgehead atoms. The van der Waals surface area contributed by atoms with Crippen LogP contribution in [0.1, 0.15) is 39.5 Å². The van der Waals surface area contributed by atoms with Gasteiger partial charge in [0.2, 0.25) is 0 Å². The molecule has 1 aliphatic heterocycles. The zero-order valence-corrected chi connectivity index (χ0v) is 20.2. The second-order valence-electron chi connectivity index (χ2n) is 11.0. The first-order valence-electron chi connectivity index (χ1n) is 12.4. The molecule has 1 heterocycles. The van der Waals surface area contributed by atoms with E-state index in [1.807, 2.05) is 0 Å². The Labute approximate surface area is 195 Å². The van der Waals surface area contributed by atoms with Gasteiger partial charge in [-0.05, 0) is 54.3 Å². The number of carbonyl (C=O) groups excluding carboxylic acids is 2. The first-order chi connectivity index (χ1) is 15.9. The molecule has 5 rings (SSSR count). The SMILES string of the molecule is COCCOCO[C@@H]1C[C@H]2[C@@H](OCOC)C[C@H](C)[C@H]3CC(=O)[C@H]4C(=O)O[C@H]5C[C@H]1[C@@H]([C@@H]45)[C@@]32C. The van der Waals surface area contributed by atoms with Gasteiger partial charge in [-0.3, -0.25) is 9.59 Å². The number of hydrogen-bond donors (Lipinski definition) is 0. The quantitative estimate of drug-likeness (QED) is 0.222. The highest BCUT2D eigenvalue weighted by Gasteiger charge is 2.72. The standard InChI is InChI=1S/C25H38O8/c1-13-7-19(31-11-29-4)16-10-18(32-12-30-6-5-28-3)14-8-20-22-21(24(27)33-20)17(26)9-15(13)25(16,2)23(14)22/h13-16,18-23H,5-12H2,1-4H3/t13-,14+,15+,16-,18+,19-,20-,21+,22+,23-,25-/m0/s1. The van der Waals surface area contributed by atoms with Gasteiger partial charge >= 0.3 is 5.97 Å². The van der Waals surface area contributed by atoms with E-state index >= 15 is 0 Å². The molecule has 0 spiro atoms. The number of carbonyl (C=O) groups is 2. The molecule has 5 fully saturated rings. The van der Waals surface area contributed by atoms with Gasteiger partial charge in [-0.15, -0.1) is 0 Å². The van der Waals surface area contributed by atoms with Crippen LogP contribution in [0.4, 0.5) is 0 Å². The van der Waals surface area contributed by atoms with Crippen LogP contribution in [-0.4, -0.2) is 71.1 Å². The van der Waals surface area contributed by atoms with Gasteiger partial charge in [0.15, 0.2) is 0 Å². The summed E-state index contributed by atoms with van der Waals surface area (Å²) in [5.74, 6) is 0.327. The summed E-state index contributed by atoms with van der Waals surface area (Å²) in [4.78, 5) is 26.2. The molecule has 186 valence electrons. The summed E-state index contributed by atoms with van der Waals surface area (Å²) in [5.41, 5.74) is -0.116. The molecule has 0 amide bonds. The fourth-order valence-corrected chi connectivity index (χ4v) is 8.56. The molecule has 0 radical (unpaired) electrons. The third-order valence-electron chi connectivity index (χ3n) is 9.70. The Morgan fingerprint density at radius 1 is 0.970 bits per heavy atom. The lowest BCUT2D eigenvalue weighted by molar-refractivity contribution is -0.228. The molecule has 0 unspecified atom stereocenters. The summed E-state index contributed by atoms with van der Waals surface area (Å²) < 4.78 is 34.4. The highest BCUT2D eigenvalue weighted by Crippen LogP contribution is 2.69. The summed E-state index contributed by atoms with van der Waals surface area (Å²) in [5, 5.41) is 0. The van der Waals surface area contributed by atoms with Crippen molar-refractivity contribution in [3.8, 4) is 0 Å². The van der Waals surface area contributed by atoms with E-state index in [2.05, 4.69) is 13.8 Å². The molecule has 5 aliphatic rings. The second kappa shape index (κ2) is 9.19. The van der Waals surface area contributed by atoms with E-state index in [4.69, 9.17) is 28.4 Å². The van der Waals surface area contributed by atoms with Crippen LogP contribution in [0.25, 0.3) is 0 Å². The van der Waals surface area contributed by atoms with Crippen molar-refractivity contribution in [1.29, 1.82) is 0 Å². The average Bonchev–Trinajstić information content (AvgIpc) is 3.26. The Morgan fingerprint density at radius 2 is 1.76 bits per heavy atom. The van der Waals surface area contributed by atoms with Crippen molar-refractivity contribution in [2.75, 3.05) is 41.0 Å². The summed E-state index contributed by atoms with van der Waals surface area (Å²) in [6.07, 6.45) is 2.80. The zero-order chi connectivity index (χ0) is 23.3. The summed E-state index contributed by atoms with van der Waals surface area (Å²) in [6.45, 7) is 6.08. The van der Waals surface area contributed by atoms with Crippen LogP contribution in [0, 0.1) is 46.8 Å². The Balaban J connectivity index is 1.49. The van der Waals surface area contributed by atoms with Gasteiger partial charge in [0.05, 0.1) is 25.4 Å². The zero-order valence-electron chi connectivity index (χ0n) is 20.2. The fourth-order valence-electron chi connectivity index (χ4n) is 8.56. The Kier molecular flexibility index (Phi) is 6.59. The maximum absolute atomic E-state index is 13.4. The van der Waals surface area contributed by atoms with Gasteiger partial charge in [-0.1, -0.05) is 13.8 Å². The van der Waals surface area contributed by atoms with Crippen LogP contribution in [-0.2, 0) is 38.0 Å². The molecule has 4 aliphatic carbocycles. The van der Waals surface area contributed by atoms with Crippen LogP contribution in [0.5, 0.6) is 0 Å². The smallest absolute Gasteiger partial charge is 0.317 e.